The van der Waals surface area contributed by atoms with Gasteiger partial charge in [-0.05, 0) is 91.2 Å². The SMILES string of the molecule is COc1ccc(N(c2ccccc2)c2ccc(/C=C/c3ccc(/C=C/C4=C(C#N)C(=C(C#N)C#N)OC4(C4=CCCC=C4)C(F)(F)F)s3)cc2)cc1. The Kier molecular flexibility index (Phi) is 10.3. The molecule has 1 atom stereocenters. The predicted octanol–water partition coefficient (Wildman–Crippen LogP) is 11.1. The highest BCUT2D eigenvalue weighted by molar-refractivity contribution is 7.13. The van der Waals surface area contributed by atoms with E-state index >= 15 is 13.2 Å². The Morgan fingerprint density at radius 3 is 1.98 bits per heavy atom. The number of allylic oxidation sites excluding steroid dienone is 4. The van der Waals surface area contributed by atoms with Crippen LogP contribution in [0.15, 0.2) is 143 Å². The van der Waals surface area contributed by atoms with Crippen LogP contribution in [0.1, 0.15) is 28.2 Å². The van der Waals surface area contributed by atoms with Crippen LogP contribution in [0.2, 0.25) is 0 Å². The van der Waals surface area contributed by atoms with E-state index in [0.717, 1.165) is 33.3 Å². The molecular formula is C42H29F3N4O2S. The monoisotopic (exact) mass is 710 g/mol. The summed E-state index contributed by atoms with van der Waals surface area (Å²) >= 11 is 1.34. The molecule has 3 aromatic carbocycles. The third kappa shape index (κ3) is 6.91. The highest BCUT2D eigenvalue weighted by atomic mass is 32.1. The van der Waals surface area contributed by atoms with Crippen molar-refractivity contribution in [2.45, 2.75) is 24.6 Å². The van der Waals surface area contributed by atoms with Crippen molar-refractivity contribution in [1.82, 2.24) is 0 Å². The van der Waals surface area contributed by atoms with E-state index in [1.807, 2.05) is 97.1 Å². The molecule has 1 aliphatic carbocycles. The Morgan fingerprint density at radius 1 is 0.808 bits per heavy atom. The minimum Gasteiger partial charge on any atom is -0.497 e. The summed E-state index contributed by atoms with van der Waals surface area (Å²) in [6, 6.07) is 34.4. The van der Waals surface area contributed by atoms with Crippen molar-refractivity contribution in [3.8, 4) is 24.0 Å². The lowest BCUT2D eigenvalue weighted by Crippen LogP contribution is -2.48. The third-order valence-corrected chi connectivity index (χ3v) is 9.51. The van der Waals surface area contributed by atoms with E-state index < -0.39 is 34.3 Å². The number of benzene rings is 3. The van der Waals surface area contributed by atoms with Crippen molar-refractivity contribution in [3.05, 3.63) is 159 Å². The maximum Gasteiger partial charge on any atom is 0.437 e. The average Bonchev–Trinajstić information content (AvgIpc) is 3.78. The van der Waals surface area contributed by atoms with Gasteiger partial charge in [-0.15, -0.1) is 11.3 Å². The Labute approximate surface area is 303 Å². The molecule has 1 aromatic heterocycles. The molecule has 256 valence electrons. The summed E-state index contributed by atoms with van der Waals surface area (Å²) in [5, 5.41) is 29.0. The summed E-state index contributed by atoms with van der Waals surface area (Å²) in [6.45, 7) is 0. The molecule has 0 spiro atoms. The molecule has 0 fully saturated rings. The average molecular weight is 711 g/mol. The van der Waals surface area contributed by atoms with Gasteiger partial charge in [-0.2, -0.15) is 29.0 Å². The molecule has 10 heteroatoms. The number of para-hydroxylation sites is 1. The highest BCUT2D eigenvalue weighted by Crippen LogP contribution is 2.54. The number of hydrogen-bond acceptors (Lipinski definition) is 7. The van der Waals surface area contributed by atoms with E-state index in [-0.39, 0.29) is 5.57 Å². The molecule has 6 rings (SSSR count). The van der Waals surface area contributed by atoms with Crippen LogP contribution in [-0.2, 0) is 4.74 Å². The van der Waals surface area contributed by atoms with Crippen LogP contribution in [0, 0.1) is 34.0 Å². The fourth-order valence-corrected chi connectivity index (χ4v) is 6.83. The standard InChI is InChI=1S/C42H29F3N4O2S/c1-50-35-19-17-34(18-20-35)49(32-10-6-3-7-11-32)33-15-12-29(13-16-33)14-21-36-22-23-37(52-36)24-25-39-38(28-48)40(30(26-46)27-47)51-41(39,42(43,44)45)31-8-4-2-5-9-31/h3-4,6-25H,2,5H2,1H3/b21-14+,25-24+. The van der Waals surface area contributed by atoms with Gasteiger partial charge in [-0.1, -0.05) is 60.7 Å². The third-order valence-electron chi connectivity index (χ3n) is 8.49. The first-order chi connectivity index (χ1) is 25.2. The van der Waals surface area contributed by atoms with Crippen LogP contribution in [0.3, 0.4) is 0 Å². The zero-order chi connectivity index (χ0) is 36.7. The topological polar surface area (TPSA) is 93.1 Å². The fourth-order valence-electron chi connectivity index (χ4n) is 6.02. The maximum atomic E-state index is 15.1. The van der Waals surface area contributed by atoms with Crippen molar-refractivity contribution < 1.29 is 22.6 Å². The molecule has 1 unspecified atom stereocenters. The predicted molar refractivity (Wildman–Crippen MR) is 197 cm³/mol. The van der Waals surface area contributed by atoms with E-state index in [0.29, 0.717) is 17.7 Å². The number of ether oxygens (including phenoxy) is 2. The Bertz CT molecular complexity index is 2260. The van der Waals surface area contributed by atoms with Crippen LogP contribution in [0.4, 0.5) is 30.2 Å². The normalized spacial score (nSPS) is 17.0. The molecule has 6 nitrogen and oxygen atoms in total. The van der Waals surface area contributed by atoms with Crippen LogP contribution < -0.4 is 9.64 Å². The molecule has 52 heavy (non-hydrogen) atoms. The molecule has 2 aliphatic rings. The van der Waals surface area contributed by atoms with Gasteiger partial charge < -0.3 is 14.4 Å². The van der Waals surface area contributed by atoms with E-state index in [2.05, 4.69) is 4.90 Å². The van der Waals surface area contributed by atoms with E-state index in [9.17, 15) is 15.8 Å². The number of anilines is 3. The Balaban J connectivity index is 1.28. The van der Waals surface area contributed by atoms with Crippen molar-refractivity contribution >= 4 is 46.6 Å². The van der Waals surface area contributed by atoms with Crippen LogP contribution >= 0.6 is 11.3 Å². The van der Waals surface area contributed by atoms with Gasteiger partial charge in [0.05, 0.1) is 7.11 Å². The molecule has 2 heterocycles. The van der Waals surface area contributed by atoms with Gasteiger partial charge in [0, 0.05) is 38.0 Å². The number of methoxy groups -OCH3 is 1. The van der Waals surface area contributed by atoms with Gasteiger partial charge in [-0.25, -0.2) is 0 Å². The first kappa shape index (κ1) is 35.3. The number of halogens is 3. The number of thiophene rings is 1. The molecule has 1 aliphatic heterocycles. The van der Waals surface area contributed by atoms with E-state index in [4.69, 9.17) is 9.47 Å². The number of rotatable bonds is 9. The second kappa shape index (κ2) is 15.1. The van der Waals surface area contributed by atoms with Gasteiger partial charge in [0.2, 0.25) is 0 Å². The maximum absolute atomic E-state index is 15.1. The summed E-state index contributed by atoms with van der Waals surface area (Å²) in [5.74, 6) is 0.0853. The Hall–Kier alpha value is -6.54. The molecule has 0 bridgehead atoms. The summed E-state index contributed by atoms with van der Waals surface area (Å²) in [6.07, 6.45) is 6.75. The molecule has 0 saturated carbocycles. The number of nitriles is 3. The van der Waals surface area contributed by atoms with Crippen molar-refractivity contribution in [2.75, 3.05) is 12.0 Å². The van der Waals surface area contributed by atoms with E-state index in [1.165, 1.54) is 35.6 Å². The van der Waals surface area contributed by atoms with Gasteiger partial charge >= 0.3 is 6.18 Å². The van der Waals surface area contributed by atoms with Gasteiger partial charge in [0.25, 0.3) is 5.60 Å². The first-order valence-corrected chi connectivity index (χ1v) is 16.9. The fraction of sp³-hybridized carbons (Fsp3) is 0.119. The van der Waals surface area contributed by atoms with Crippen molar-refractivity contribution in [1.29, 1.82) is 15.8 Å². The number of nitrogens with zero attached hydrogens (tertiary/aromatic N) is 4. The molecular weight excluding hydrogens is 682 g/mol. The molecule has 0 amide bonds. The van der Waals surface area contributed by atoms with Gasteiger partial charge in [0.1, 0.15) is 29.5 Å². The second-order valence-corrected chi connectivity index (χ2v) is 12.8. The lowest BCUT2D eigenvalue weighted by molar-refractivity contribution is -0.227. The number of alkyl halides is 3. The van der Waals surface area contributed by atoms with E-state index in [1.54, 1.807) is 37.5 Å². The van der Waals surface area contributed by atoms with Gasteiger partial charge in [0.15, 0.2) is 11.3 Å². The molecule has 0 saturated heterocycles. The molecule has 0 radical (unpaired) electrons. The zero-order valence-corrected chi connectivity index (χ0v) is 28.6. The second-order valence-electron chi connectivity index (χ2n) is 11.6. The Morgan fingerprint density at radius 2 is 1.42 bits per heavy atom. The van der Waals surface area contributed by atoms with Crippen LogP contribution in [-0.4, -0.2) is 18.9 Å². The minimum atomic E-state index is -5.02. The summed E-state index contributed by atoms with van der Waals surface area (Å²) in [4.78, 5) is 3.62. The van der Waals surface area contributed by atoms with Gasteiger partial charge in [-0.3, -0.25) is 0 Å². The highest BCUT2D eigenvalue weighted by Gasteiger charge is 2.65. The summed E-state index contributed by atoms with van der Waals surface area (Å²) < 4.78 is 56.1. The quantitative estimate of drug-likeness (QED) is 0.161. The minimum absolute atomic E-state index is 0.208. The smallest absolute Gasteiger partial charge is 0.437 e. The largest absolute Gasteiger partial charge is 0.497 e. The lowest BCUT2D eigenvalue weighted by Gasteiger charge is -2.35. The zero-order valence-electron chi connectivity index (χ0n) is 27.8. The van der Waals surface area contributed by atoms with Crippen molar-refractivity contribution in [2.24, 2.45) is 0 Å². The van der Waals surface area contributed by atoms with Crippen LogP contribution in [0.25, 0.3) is 18.2 Å². The van der Waals surface area contributed by atoms with Crippen LogP contribution in [0.5, 0.6) is 5.75 Å². The first-order valence-electron chi connectivity index (χ1n) is 16.1. The van der Waals surface area contributed by atoms with Crippen molar-refractivity contribution in [3.63, 3.8) is 0 Å². The summed E-state index contributed by atoms with van der Waals surface area (Å²) in [7, 11) is 1.63. The number of hydrogen-bond donors (Lipinski definition) is 0. The molecule has 4 aromatic rings. The lowest BCUT2D eigenvalue weighted by atomic mass is 9.81. The molecule has 0 N–H and O–H groups in total. The summed E-state index contributed by atoms with van der Waals surface area (Å²) in [5.41, 5.74) is -1.10.